The smallest absolute Gasteiger partial charge is 0.211 e. The molecule has 0 aromatic heterocycles. The minimum atomic E-state index is -3.06. The van der Waals surface area contributed by atoms with Crippen LogP contribution in [0.15, 0.2) is 0 Å². The Kier molecular flexibility index (Phi) is 5.26. The minimum absolute atomic E-state index is 0.279. The highest BCUT2D eigenvalue weighted by atomic mass is 32.2. The van der Waals surface area contributed by atoms with Gasteiger partial charge in [-0.05, 0) is 56.9 Å². The van der Waals surface area contributed by atoms with Gasteiger partial charge in [0.2, 0.25) is 10.0 Å². The van der Waals surface area contributed by atoms with Crippen LogP contribution < -0.4 is 10.0 Å². The van der Waals surface area contributed by atoms with E-state index in [2.05, 4.69) is 17.0 Å². The summed E-state index contributed by atoms with van der Waals surface area (Å²) in [7, 11) is -3.06. The van der Waals surface area contributed by atoms with Crippen LogP contribution in [0, 0.1) is 5.41 Å². The first-order chi connectivity index (χ1) is 9.05. The molecule has 2 aliphatic carbocycles. The van der Waals surface area contributed by atoms with E-state index in [0.717, 1.165) is 38.3 Å². The zero-order valence-electron chi connectivity index (χ0n) is 12.1. The third-order valence-corrected chi connectivity index (χ3v) is 5.67. The first-order valence-corrected chi connectivity index (χ1v) is 9.41. The molecule has 19 heavy (non-hydrogen) atoms. The van der Waals surface area contributed by atoms with Crippen LogP contribution in [-0.2, 0) is 10.0 Å². The van der Waals surface area contributed by atoms with Crippen molar-refractivity contribution in [1.82, 2.24) is 10.0 Å². The highest BCUT2D eigenvalue weighted by molar-refractivity contribution is 7.89. The molecule has 2 N–H and O–H groups in total. The third kappa shape index (κ3) is 5.79. The summed E-state index contributed by atoms with van der Waals surface area (Å²) in [5, 5.41) is 3.41. The van der Waals surface area contributed by atoms with E-state index >= 15 is 0 Å². The SMILES string of the molecule is CCCC1(CNS(=O)(=O)CCCCNC2CC2)CC1. The van der Waals surface area contributed by atoms with E-state index in [1.807, 2.05) is 0 Å². The van der Waals surface area contributed by atoms with Gasteiger partial charge in [0.15, 0.2) is 0 Å². The van der Waals surface area contributed by atoms with Crippen LogP contribution in [0.3, 0.4) is 0 Å². The van der Waals surface area contributed by atoms with Gasteiger partial charge in [-0.25, -0.2) is 13.1 Å². The Morgan fingerprint density at radius 2 is 1.95 bits per heavy atom. The maximum absolute atomic E-state index is 11.9. The monoisotopic (exact) mass is 288 g/mol. The second kappa shape index (κ2) is 6.55. The fourth-order valence-electron chi connectivity index (χ4n) is 2.57. The largest absolute Gasteiger partial charge is 0.314 e. The molecule has 0 aliphatic heterocycles. The zero-order valence-corrected chi connectivity index (χ0v) is 12.9. The molecule has 0 radical (unpaired) electrons. The van der Waals surface area contributed by atoms with Crippen LogP contribution in [0.25, 0.3) is 0 Å². The Balaban J connectivity index is 1.55. The third-order valence-electron chi connectivity index (χ3n) is 4.25. The van der Waals surface area contributed by atoms with Crippen molar-refractivity contribution in [2.45, 2.75) is 64.3 Å². The quantitative estimate of drug-likeness (QED) is 0.572. The summed E-state index contributed by atoms with van der Waals surface area (Å²) >= 11 is 0. The van der Waals surface area contributed by atoms with Crippen molar-refractivity contribution >= 4 is 10.0 Å². The van der Waals surface area contributed by atoms with Crippen LogP contribution in [0.1, 0.15) is 58.3 Å². The summed E-state index contributed by atoms with van der Waals surface area (Å²) < 4.78 is 26.6. The van der Waals surface area contributed by atoms with E-state index in [1.165, 1.54) is 25.7 Å². The van der Waals surface area contributed by atoms with E-state index in [-0.39, 0.29) is 5.75 Å². The van der Waals surface area contributed by atoms with Crippen LogP contribution in [0.5, 0.6) is 0 Å². The number of hydrogen-bond acceptors (Lipinski definition) is 3. The molecule has 5 heteroatoms. The molecule has 0 spiro atoms. The van der Waals surface area contributed by atoms with E-state index in [9.17, 15) is 8.42 Å². The number of rotatable bonds is 11. The van der Waals surface area contributed by atoms with Gasteiger partial charge in [0.25, 0.3) is 0 Å². The summed E-state index contributed by atoms with van der Waals surface area (Å²) in [6, 6.07) is 0.721. The average Bonchev–Trinajstić information content (AvgIpc) is 3.23. The van der Waals surface area contributed by atoms with Crippen molar-refractivity contribution in [3.05, 3.63) is 0 Å². The molecule has 0 aromatic carbocycles. The maximum Gasteiger partial charge on any atom is 0.211 e. The highest BCUT2D eigenvalue weighted by Crippen LogP contribution is 2.49. The van der Waals surface area contributed by atoms with Crippen LogP contribution >= 0.6 is 0 Å². The van der Waals surface area contributed by atoms with Crippen molar-refractivity contribution in [1.29, 1.82) is 0 Å². The highest BCUT2D eigenvalue weighted by Gasteiger charge is 2.41. The van der Waals surface area contributed by atoms with Crippen molar-refractivity contribution in [3.8, 4) is 0 Å². The van der Waals surface area contributed by atoms with Crippen molar-refractivity contribution in [2.75, 3.05) is 18.8 Å². The molecule has 2 fully saturated rings. The molecular formula is C14H28N2O2S. The minimum Gasteiger partial charge on any atom is -0.314 e. The van der Waals surface area contributed by atoms with E-state index in [4.69, 9.17) is 0 Å². The van der Waals surface area contributed by atoms with Gasteiger partial charge < -0.3 is 5.32 Å². The summed E-state index contributed by atoms with van der Waals surface area (Å²) in [5.74, 6) is 0.279. The molecule has 0 aromatic rings. The molecule has 0 bridgehead atoms. The zero-order chi connectivity index (χ0) is 13.8. The van der Waals surface area contributed by atoms with E-state index in [0.29, 0.717) is 12.0 Å². The molecular weight excluding hydrogens is 260 g/mol. The van der Waals surface area contributed by atoms with Crippen LogP contribution in [0.4, 0.5) is 0 Å². The van der Waals surface area contributed by atoms with E-state index in [1.54, 1.807) is 0 Å². The Morgan fingerprint density at radius 3 is 2.53 bits per heavy atom. The van der Waals surface area contributed by atoms with Gasteiger partial charge in [0.05, 0.1) is 5.75 Å². The van der Waals surface area contributed by atoms with E-state index < -0.39 is 10.0 Å². The topological polar surface area (TPSA) is 58.2 Å². The normalized spacial score (nSPS) is 21.5. The lowest BCUT2D eigenvalue weighted by molar-refractivity contribution is 0.449. The molecule has 4 nitrogen and oxygen atoms in total. The molecule has 112 valence electrons. The molecule has 0 unspecified atom stereocenters. The molecule has 2 rings (SSSR count). The van der Waals surface area contributed by atoms with Gasteiger partial charge in [-0.3, -0.25) is 0 Å². The lowest BCUT2D eigenvalue weighted by Gasteiger charge is -2.15. The van der Waals surface area contributed by atoms with Gasteiger partial charge in [-0.1, -0.05) is 13.3 Å². The molecule has 2 saturated carbocycles. The first kappa shape index (κ1) is 15.3. The second-order valence-corrected chi connectivity index (χ2v) is 8.25. The van der Waals surface area contributed by atoms with Crippen LogP contribution in [0.2, 0.25) is 0 Å². The van der Waals surface area contributed by atoms with Gasteiger partial charge in [-0.15, -0.1) is 0 Å². The van der Waals surface area contributed by atoms with Crippen molar-refractivity contribution in [2.24, 2.45) is 5.41 Å². The number of hydrogen-bond donors (Lipinski definition) is 2. The Hall–Kier alpha value is -0.130. The number of sulfonamides is 1. The molecule has 0 amide bonds. The predicted octanol–water partition coefficient (Wildman–Crippen LogP) is 2.02. The van der Waals surface area contributed by atoms with Gasteiger partial charge >= 0.3 is 0 Å². The summed E-state index contributed by atoms with van der Waals surface area (Å²) in [6.45, 7) is 3.78. The molecule has 0 atom stereocenters. The summed E-state index contributed by atoms with van der Waals surface area (Å²) in [5.41, 5.74) is 0.301. The average molecular weight is 288 g/mol. The molecule has 0 saturated heterocycles. The standard InChI is InChI=1S/C14H28N2O2S/c1-2-7-14(8-9-14)12-16-19(17,18)11-4-3-10-15-13-5-6-13/h13,15-16H,2-12H2,1H3. The molecule has 2 aliphatic rings. The Morgan fingerprint density at radius 1 is 1.21 bits per heavy atom. The number of nitrogens with one attached hydrogen (secondary N) is 2. The van der Waals surface area contributed by atoms with Gasteiger partial charge in [0, 0.05) is 12.6 Å². The number of unbranched alkanes of at least 4 members (excludes halogenated alkanes) is 1. The lowest BCUT2D eigenvalue weighted by atomic mass is 10.0. The van der Waals surface area contributed by atoms with Crippen molar-refractivity contribution in [3.63, 3.8) is 0 Å². The summed E-state index contributed by atoms with van der Waals surface area (Å²) in [6.07, 6.45) is 8.98. The first-order valence-electron chi connectivity index (χ1n) is 7.76. The van der Waals surface area contributed by atoms with Gasteiger partial charge in [-0.2, -0.15) is 0 Å². The van der Waals surface area contributed by atoms with Gasteiger partial charge in [0.1, 0.15) is 0 Å². The Bertz CT molecular complexity index is 373. The lowest BCUT2D eigenvalue weighted by Crippen LogP contribution is -2.32. The fraction of sp³-hybridized carbons (Fsp3) is 1.00. The van der Waals surface area contributed by atoms with Crippen LogP contribution in [-0.4, -0.2) is 33.3 Å². The molecule has 0 heterocycles. The summed E-state index contributed by atoms with van der Waals surface area (Å²) in [4.78, 5) is 0. The predicted molar refractivity (Wildman–Crippen MR) is 78.6 cm³/mol. The van der Waals surface area contributed by atoms with Crippen molar-refractivity contribution < 1.29 is 8.42 Å². The maximum atomic E-state index is 11.9. The fourth-order valence-corrected chi connectivity index (χ4v) is 3.82. The second-order valence-electron chi connectivity index (χ2n) is 6.33. The Labute approximate surface area is 117 Å².